The fourth-order valence-corrected chi connectivity index (χ4v) is 8.70. The van der Waals surface area contributed by atoms with Gasteiger partial charge in [-0.05, 0) is 69.8 Å². The number of pyridine rings is 1. The van der Waals surface area contributed by atoms with E-state index in [0.29, 0.717) is 17.1 Å². The number of benzene rings is 1. The van der Waals surface area contributed by atoms with Crippen molar-refractivity contribution in [3.8, 4) is 17.1 Å². The van der Waals surface area contributed by atoms with Gasteiger partial charge in [-0.2, -0.15) is 0 Å². The number of carbonyl (C=O) groups is 4. The SMILES string of the molecule is C=C[C@@H]1C[C@]1(NC(=O)[C@@H]1C[C@@H](Oc2cc(-c3csc(NC(C)C)n3)nc3c(SC)cccc23)CN1C(=O)[C@@H](NC(=O)OC1CCCC1)C(C)(C)C)C(=O)O. The number of alkyl carbamates (subject to hydrolysis) is 1. The average Bonchev–Trinajstić information content (AvgIpc) is 3.53. The van der Waals surface area contributed by atoms with Crippen LogP contribution in [0.4, 0.5) is 9.93 Å². The molecule has 3 fully saturated rings. The minimum absolute atomic E-state index is 0.00827. The zero-order chi connectivity index (χ0) is 38.9. The van der Waals surface area contributed by atoms with E-state index >= 15 is 0 Å². The van der Waals surface area contributed by atoms with Crippen molar-refractivity contribution in [1.82, 2.24) is 25.5 Å². The molecule has 3 amide bonds. The monoisotopic (exact) mass is 778 g/mol. The number of aliphatic carboxylic acids is 1. The Hall–Kier alpha value is -4.37. The predicted molar refractivity (Wildman–Crippen MR) is 210 cm³/mol. The van der Waals surface area contributed by atoms with Crippen molar-refractivity contribution in [1.29, 1.82) is 0 Å². The molecule has 1 aromatic carbocycles. The molecular formula is C39H50N6O7S2. The number of rotatable bonds is 13. The van der Waals surface area contributed by atoms with Gasteiger partial charge >= 0.3 is 12.1 Å². The number of thioether (sulfide) groups is 1. The maximum atomic E-state index is 14.6. The van der Waals surface area contributed by atoms with Gasteiger partial charge in [0.25, 0.3) is 0 Å². The number of para-hydroxylation sites is 1. The molecule has 6 rings (SSSR count). The summed E-state index contributed by atoms with van der Waals surface area (Å²) in [7, 11) is 0. The molecule has 3 aromatic rings. The van der Waals surface area contributed by atoms with Crippen molar-refractivity contribution in [3.05, 3.63) is 42.3 Å². The van der Waals surface area contributed by atoms with Crippen LogP contribution in [0.5, 0.6) is 5.75 Å². The molecule has 4 N–H and O–H groups in total. The Morgan fingerprint density at radius 2 is 1.87 bits per heavy atom. The van der Waals surface area contributed by atoms with Crippen LogP contribution >= 0.6 is 23.1 Å². The molecule has 2 aliphatic carbocycles. The van der Waals surface area contributed by atoms with E-state index in [4.69, 9.17) is 19.4 Å². The number of anilines is 1. The second-order valence-electron chi connectivity index (χ2n) is 15.7. The van der Waals surface area contributed by atoms with Gasteiger partial charge in [0.2, 0.25) is 11.8 Å². The second-order valence-corrected chi connectivity index (χ2v) is 17.5. The molecule has 290 valence electrons. The van der Waals surface area contributed by atoms with Gasteiger partial charge in [-0.1, -0.05) is 32.9 Å². The number of carbonyl (C=O) groups excluding carboxylic acids is 3. The summed E-state index contributed by atoms with van der Waals surface area (Å²) in [6.07, 6.45) is 5.71. The molecule has 3 aliphatic rings. The standard InChI is InChI=1S/C39H50N6O7S2/c1-8-22-18-39(22,35(48)49)44-33(46)28-16-24(19-45(28)34(47)32(38(4,5)6)43-37(50)52-23-12-9-10-13-23)51-29-17-26(27-20-54-36(42-27)40-21(2)3)41-31-25(29)14-11-15-30(31)53-7/h8,11,14-15,17,20-24,28,32H,1,9-10,12-13,16,18-19H2,2-7H3,(H,40,42)(H,43,50)(H,44,46)(H,48,49)/t22-,24-,28+,32-,39-/m1/s1. The van der Waals surface area contributed by atoms with Crippen LogP contribution in [0.25, 0.3) is 22.3 Å². The maximum Gasteiger partial charge on any atom is 0.408 e. The predicted octanol–water partition coefficient (Wildman–Crippen LogP) is 6.48. The van der Waals surface area contributed by atoms with Gasteiger partial charge in [-0.3, -0.25) is 9.59 Å². The van der Waals surface area contributed by atoms with Crippen LogP contribution in [0.2, 0.25) is 0 Å². The number of carboxylic acids is 1. The van der Waals surface area contributed by atoms with Crippen LogP contribution < -0.4 is 20.7 Å². The molecule has 2 aromatic heterocycles. The van der Waals surface area contributed by atoms with Crippen molar-refractivity contribution >= 4 is 63.0 Å². The lowest BCUT2D eigenvalue weighted by Gasteiger charge is -2.35. The number of likely N-dealkylation sites (tertiary alicyclic amines) is 1. The molecular weight excluding hydrogens is 729 g/mol. The summed E-state index contributed by atoms with van der Waals surface area (Å²) < 4.78 is 12.4. The normalized spacial score (nSPS) is 23.2. The first-order valence-electron chi connectivity index (χ1n) is 18.5. The summed E-state index contributed by atoms with van der Waals surface area (Å²) in [5, 5.41) is 22.4. The number of amides is 3. The number of nitrogens with zero attached hydrogens (tertiary/aromatic N) is 3. The van der Waals surface area contributed by atoms with Crippen LogP contribution in [-0.2, 0) is 19.1 Å². The summed E-state index contributed by atoms with van der Waals surface area (Å²) >= 11 is 3.04. The molecule has 2 saturated carbocycles. The third-order valence-electron chi connectivity index (χ3n) is 10.3. The highest BCUT2D eigenvalue weighted by Gasteiger charge is 2.61. The lowest BCUT2D eigenvalue weighted by atomic mass is 9.85. The van der Waals surface area contributed by atoms with E-state index in [1.54, 1.807) is 11.8 Å². The smallest absolute Gasteiger partial charge is 0.408 e. The largest absolute Gasteiger partial charge is 0.488 e. The van der Waals surface area contributed by atoms with E-state index in [-0.39, 0.29) is 31.5 Å². The number of thiazole rings is 1. The van der Waals surface area contributed by atoms with Crippen LogP contribution in [0.3, 0.4) is 0 Å². The molecule has 1 saturated heterocycles. The Bertz CT molecular complexity index is 1920. The number of ether oxygens (including phenoxy) is 2. The molecule has 0 unspecified atom stereocenters. The molecule has 0 spiro atoms. The van der Waals surface area contributed by atoms with E-state index in [2.05, 4.69) is 22.5 Å². The summed E-state index contributed by atoms with van der Waals surface area (Å²) in [5.74, 6) is -2.20. The summed E-state index contributed by atoms with van der Waals surface area (Å²) in [6, 6.07) is 5.74. The number of fused-ring (bicyclic) bond motifs is 1. The fraction of sp³-hybridized carbons (Fsp3) is 0.538. The van der Waals surface area contributed by atoms with Gasteiger partial charge in [0.15, 0.2) is 5.13 Å². The van der Waals surface area contributed by atoms with Crippen LogP contribution in [0.15, 0.2) is 47.2 Å². The number of hydrogen-bond donors (Lipinski definition) is 4. The lowest BCUT2D eigenvalue weighted by molar-refractivity contribution is -0.146. The first-order chi connectivity index (χ1) is 25.6. The first kappa shape index (κ1) is 39.3. The van der Waals surface area contributed by atoms with Gasteiger partial charge in [-0.25, -0.2) is 19.6 Å². The summed E-state index contributed by atoms with van der Waals surface area (Å²) in [5.41, 5.74) is -0.248. The van der Waals surface area contributed by atoms with Gasteiger partial charge in [-0.15, -0.1) is 29.7 Å². The number of aromatic nitrogens is 2. The molecule has 13 nitrogen and oxygen atoms in total. The molecule has 0 radical (unpaired) electrons. The molecule has 0 bridgehead atoms. The fourth-order valence-electron chi connectivity index (χ4n) is 7.29. The number of carboxylic acid groups (broad SMARTS) is 1. The van der Waals surface area contributed by atoms with Crippen molar-refractivity contribution in [2.75, 3.05) is 18.1 Å². The van der Waals surface area contributed by atoms with Crippen molar-refractivity contribution in [2.45, 2.75) is 114 Å². The zero-order valence-electron chi connectivity index (χ0n) is 31.6. The third kappa shape index (κ3) is 8.31. The lowest BCUT2D eigenvalue weighted by Crippen LogP contribution is -2.59. The van der Waals surface area contributed by atoms with Crippen molar-refractivity contribution in [2.24, 2.45) is 11.3 Å². The minimum Gasteiger partial charge on any atom is -0.488 e. The van der Waals surface area contributed by atoms with Gasteiger partial charge in [0.1, 0.15) is 41.3 Å². The zero-order valence-corrected chi connectivity index (χ0v) is 33.3. The first-order valence-corrected chi connectivity index (χ1v) is 20.6. The van der Waals surface area contributed by atoms with Crippen LogP contribution in [-0.4, -0.2) is 92.5 Å². The highest BCUT2D eigenvalue weighted by Crippen LogP contribution is 2.45. The molecule has 54 heavy (non-hydrogen) atoms. The minimum atomic E-state index is -1.50. The summed E-state index contributed by atoms with van der Waals surface area (Å²) in [6.45, 7) is 13.3. The topological polar surface area (TPSA) is 172 Å². The second kappa shape index (κ2) is 15.8. The Morgan fingerprint density at radius 1 is 1.13 bits per heavy atom. The highest BCUT2D eigenvalue weighted by molar-refractivity contribution is 7.98. The van der Waals surface area contributed by atoms with Crippen molar-refractivity contribution < 1.29 is 33.8 Å². The molecule has 3 heterocycles. The van der Waals surface area contributed by atoms with Gasteiger partial charge in [0, 0.05) is 40.1 Å². The average molecular weight is 779 g/mol. The van der Waals surface area contributed by atoms with E-state index in [0.717, 1.165) is 46.6 Å². The Labute approximate surface area is 324 Å². The Kier molecular flexibility index (Phi) is 11.5. The van der Waals surface area contributed by atoms with Crippen LogP contribution in [0, 0.1) is 11.3 Å². The van der Waals surface area contributed by atoms with E-state index in [1.165, 1.54) is 22.3 Å². The maximum absolute atomic E-state index is 14.6. The molecule has 5 atom stereocenters. The quantitative estimate of drug-likeness (QED) is 0.111. The van der Waals surface area contributed by atoms with Gasteiger partial charge in [0.05, 0.1) is 17.8 Å². The van der Waals surface area contributed by atoms with Gasteiger partial charge < -0.3 is 35.4 Å². The van der Waals surface area contributed by atoms with E-state index in [1.807, 2.05) is 70.5 Å². The number of hydrogen-bond acceptors (Lipinski definition) is 11. The highest BCUT2D eigenvalue weighted by atomic mass is 32.2. The Morgan fingerprint density at radius 3 is 2.50 bits per heavy atom. The Balaban J connectivity index is 1.33. The van der Waals surface area contributed by atoms with E-state index < -0.39 is 58.9 Å². The van der Waals surface area contributed by atoms with Crippen LogP contribution in [0.1, 0.15) is 73.1 Å². The molecule has 1 aliphatic heterocycles. The van der Waals surface area contributed by atoms with E-state index in [9.17, 15) is 24.3 Å². The number of nitrogens with one attached hydrogen (secondary N) is 3. The third-order valence-corrected chi connectivity index (χ3v) is 11.8. The molecule has 15 heteroatoms. The summed E-state index contributed by atoms with van der Waals surface area (Å²) in [4.78, 5) is 66.3. The van der Waals surface area contributed by atoms with Crippen molar-refractivity contribution in [3.63, 3.8) is 0 Å².